The zero-order valence-electron chi connectivity index (χ0n) is 43.1. The summed E-state index contributed by atoms with van der Waals surface area (Å²) in [5, 5.41) is 21.5. The zero-order valence-corrected chi connectivity index (χ0v) is 43.1. The second-order valence-electron chi connectivity index (χ2n) is 18.9. The van der Waals surface area contributed by atoms with Crippen molar-refractivity contribution in [2.75, 3.05) is 14.2 Å². The fraction of sp³-hybridized carbons (Fsp3) is 0.593. The molecule has 0 radical (unpaired) electrons. The van der Waals surface area contributed by atoms with Crippen molar-refractivity contribution >= 4 is 0 Å². The lowest BCUT2D eigenvalue weighted by molar-refractivity contribution is 0.0794. The second kappa shape index (κ2) is 33.8. The van der Waals surface area contributed by atoms with Gasteiger partial charge in [0.05, 0.1) is 14.2 Å². The van der Waals surface area contributed by atoms with Gasteiger partial charge in [0.25, 0.3) is 0 Å². The van der Waals surface area contributed by atoms with Crippen LogP contribution in [0, 0.1) is 0 Å². The van der Waals surface area contributed by atoms with Crippen LogP contribution in [0.5, 0.6) is 0 Å². The van der Waals surface area contributed by atoms with Crippen molar-refractivity contribution in [2.24, 2.45) is 0 Å². The Bertz CT molecular complexity index is 1750. The maximum Gasteiger partial charge on any atom is 0.169 e. The summed E-state index contributed by atoms with van der Waals surface area (Å²) in [6.45, 7) is 26.6. The Morgan fingerprint density at radius 1 is 0.365 bits per heavy atom. The van der Waals surface area contributed by atoms with E-state index in [2.05, 4.69) is 137 Å². The predicted octanol–water partition coefficient (Wildman–Crippen LogP) is 17.4. The van der Waals surface area contributed by atoms with Gasteiger partial charge in [0, 0.05) is 0 Å². The number of methoxy groups -OCH3 is 2. The molecule has 0 aromatic heterocycles. The van der Waals surface area contributed by atoms with Gasteiger partial charge in [0.1, 0.15) is 12.2 Å². The Hall–Kier alpha value is -3.60. The van der Waals surface area contributed by atoms with Crippen molar-refractivity contribution in [3.05, 3.63) is 139 Å². The van der Waals surface area contributed by atoms with Crippen molar-refractivity contribution in [1.82, 2.24) is 0 Å². The number of aliphatic hydroxyl groups is 2. The number of allylic oxidation sites excluding steroid dienone is 20. The fourth-order valence-corrected chi connectivity index (χ4v) is 7.87. The molecule has 4 heteroatoms. The van der Waals surface area contributed by atoms with Crippen molar-refractivity contribution in [3.63, 3.8) is 0 Å². The first-order valence-corrected chi connectivity index (χ1v) is 24.4. The van der Waals surface area contributed by atoms with E-state index in [1.807, 2.05) is 6.92 Å². The highest BCUT2D eigenvalue weighted by Gasteiger charge is 2.34. The summed E-state index contributed by atoms with van der Waals surface area (Å²) in [6.07, 6.45) is 43.0. The summed E-state index contributed by atoms with van der Waals surface area (Å²) < 4.78 is 10.7. The van der Waals surface area contributed by atoms with Crippen LogP contribution in [0.4, 0.5) is 0 Å². The molecule has 4 nitrogen and oxygen atoms in total. The van der Waals surface area contributed by atoms with Gasteiger partial charge in [-0.25, -0.2) is 0 Å². The molecule has 0 spiro atoms. The predicted molar refractivity (Wildman–Crippen MR) is 277 cm³/mol. The topological polar surface area (TPSA) is 58.9 Å². The average molecular weight is 867 g/mol. The van der Waals surface area contributed by atoms with Crippen molar-refractivity contribution in [2.45, 2.75) is 217 Å². The number of ether oxygens (including phenoxy) is 2. The molecule has 0 aromatic carbocycles. The molecule has 0 bridgehead atoms. The van der Waals surface area contributed by atoms with Crippen molar-refractivity contribution in [1.29, 1.82) is 0 Å². The van der Waals surface area contributed by atoms with E-state index in [1.165, 1.54) is 89.2 Å². The molecule has 2 unspecified atom stereocenters. The quantitative estimate of drug-likeness (QED) is 0.0682. The standard InChI is InChI=1S/C59H94O4/c1-44(2)24-15-25-45(3)26-16-27-46(4)28-17-29-47(5)30-18-31-48(6)32-19-33-49(7)34-20-35-50(8)36-21-37-51(9)38-22-39-52(10)40-23-41-53(11)42-43-55-54(12)56(60)58(62-13)59(63-14)57(55)61/h24,26,28,30,32,34,36,38,40,42,56-57,60-61H,15-23,25,27,29,31,33,35,37,39,41,43H2,1-14H3/b45-26+,46-28+,47-30+,48-32+,49-34+,50-36+,51-38+,52-40+,53-42+. The highest BCUT2D eigenvalue weighted by Crippen LogP contribution is 2.34. The van der Waals surface area contributed by atoms with Crippen molar-refractivity contribution < 1.29 is 19.7 Å². The molecular formula is C59H94O4. The monoisotopic (exact) mass is 867 g/mol. The Kier molecular flexibility index (Phi) is 30.8. The number of aliphatic hydroxyl groups excluding tert-OH is 2. The van der Waals surface area contributed by atoms with Crippen LogP contribution in [0.3, 0.4) is 0 Å². The van der Waals surface area contributed by atoms with Crippen LogP contribution < -0.4 is 0 Å². The molecule has 63 heavy (non-hydrogen) atoms. The van der Waals surface area contributed by atoms with Crippen LogP contribution in [0.1, 0.15) is 205 Å². The zero-order chi connectivity index (χ0) is 47.2. The molecular weight excluding hydrogens is 773 g/mol. The highest BCUT2D eigenvalue weighted by atomic mass is 16.5. The van der Waals surface area contributed by atoms with Gasteiger partial charge in [0.2, 0.25) is 0 Å². The lowest BCUT2D eigenvalue weighted by atomic mass is 9.88. The minimum absolute atomic E-state index is 0.282. The van der Waals surface area contributed by atoms with E-state index in [0.717, 1.165) is 107 Å². The van der Waals surface area contributed by atoms with Gasteiger partial charge in [-0.1, -0.05) is 116 Å². The van der Waals surface area contributed by atoms with Crippen LogP contribution in [-0.2, 0) is 9.47 Å². The largest absolute Gasteiger partial charge is 0.494 e. The van der Waals surface area contributed by atoms with Gasteiger partial charge in [-0.05, 0) is 216 Å². The molecule has 1 rings (SSSR count). The van der Waals surface area contributed by atoms with Crippen molar-refractivity contribution in [3.8, 4) is 0 Å². The molecule has 0 saturated carbocycles. The third-order valence-electron chi connectivity index (χ3n) is 12.4. The third-order valence-corrected chi connectivity index (χ3v) is 12.4. The molecule has 1 aliphatic carbocycles. The molecule has 0 heterocycles. The van der Waals surface area contributed by atoms with Crippen LogP contribution in [0.2, 0.25) is 0 Å². The van der Waals surface area contributed by atoms with E-state index >= 15 is 0 Å². The van der Waals surface area contributed by atoms with Crippen LogP contribution in [0.15, 0.2) is 139 Å². The van der Waals surface area contributed by atoms with Gasteiger partial charge >= 0.3 is 0 Å². The number of rotatable bonds is 31. The van der Waals surface area contributed by atoms with Crippen LogP contribution in [0.25, 0.3) is 0 Å². The average Bonchev–Trinajstić information content (AvgIpc) is 3.21. The van der Waals surface area contributed by atoms with E-state index in [4.69, 9.17) is 9.47 Å². The molecule has 0 saturated heterocycles. The summed E-state index contributed by atoms with van der Waals surface area (Å²) in [4.78, 5) is 0. The Balaban J connectivity index is 2.30. The minimum Gasteiger partial charge on any atom is -0.494 e. The Morgan fingerprint density at radius 3 is 0.825 bits per heavy atom. The van der Waals surface area contributed by atoms with Crippen LogP contribution in [-0.4, -0.2) is 36.6 Å². The molecule has 2 N–H and O–H groups in total. The van der Waals surface area contributed by atoms with Gasteiger partial charge in [-0.3, -0.25) is 0 Å². The highest BCUT2D eigenvalue weighted by molar-refractivity contribution is 5.39. The van der Waals surface area contributed by atoms with E-state index in [1.54, 1.807) is 0 Å². The lowest BCUT2D eigenvalue weighted by Gasteiger charge is -2.30. The van der Waals surface area contributed by atoms with Gasteiger partial charge in [0.15, 0.2) is 11.5 Å². The molecule has 1 aliphatic rings. The lowest BCUT2D eigenvalue weighted by Crippen LogP contribution is -2.31. The first kappa shape index (κ1) is 57.4. The molecule has 354 valence electrons. The summed E-state index contributed by atoms with van der Waals surface area (Å²) >= 11 is 0. The first-order valence-electron chi connectivity index (χ1n) is 24.4. The summed E-state index contributed by atoms with van der Waals surface area (Å²) in [7, 11) is 2.98. The van der Waals surface area contributed by atoms with Crippen LogP contribution >= 0.6 is 0 Å². The first-order chi connectivity index (χ1) is 30.0. The second-order valence-corrected chi connectivity index (χ2v) is 18.9. The molecule has 0 aliphatic heterocycles. The van der Waals surface area contributed by atoms with E-state index in [-0.39, 0.29) is 11.5 Å². The summed E-state index contributed by atoms with van der Waals surface area (Å²) in [5.74, 6) is 0.569. The summed E-state index contributed by atoms with van der Waals surface area (Å²) in [6, 6.07) is 0. The van der Waals surface area contributed by atoms with E-state index in [9.17, 15) is 10.2 Å². The summed E-state index contributed by atoms with van der Waals surface area (Å²) in [5.41, 5.74) is 16.2. The molecule has 2 atom stereocenters. The van der Waals surface area contributed by atoms with E-state index in [0.29, 0.717) is 6.42 Å². The van der Waals surface area contributed by atoms with E-state index < -0.39 is 12.2 Å². The maximum atomic E-state index is 10.8. The Morgan fingerprint density at radius 2 is 0.587 bits per heavy atom. The van der Waals surface area contributed by atoms with Gasteiger partial charge < -0.3 is 19.7 Å². The number of hydrogen-bond acceptors (Lipinski definition) is 4. The van der Waals surface area contributed by atoms with Gasteiger partial charge in [-0.2, -0.15) is 0 Å². The maximum absolute atomic E-state index is 10.8. The van der Waals surface area contributed by atoms with Gasteiger partial charge in [-0.15, -0.1) is 0 Å². The molecule has 0 fully saturated rings. The molecule has 0 amide bonds. The third kappa shape index (κ3) is 26.7. The molecule has 0 aromatic rings. The minimum atomic E-state index is -0.904. The number of hydrogen-bond donors (Lipinski definition) is 2. The fourth-order valence-electron chi connectivity index (χ4n) is 7.87. The smallest absolute Gasteiger partial charge is 0.169 e. The SMILES string of the molecule is COC1=C(OC)C(O)C(C/C=C(\C)CC/C=C(\C)CC/C=C(\C)CC/C=C(\C)CC/C=C(\C)CC/C=C(\C)CC/C=C(\C)CC/C=C(\C)CC/C=C(\C)CCC=C(C)C)=C(C)C1O. The Labute approximate surface area is 388 Å². The normalized spacial score (nSPS) is 18.2.